The van der Waals surface area contributed by atoms with Gasteiger partial charge in [0, 0.05) is 18.4 Å². The smallest absolute Gasteiger partial charge is 0.467 e. The summed E-state index contributed by atoms with van der Waals surface area (Å²) in [6.45, 7) is 12.0. The molecule has 0 aromatic heterocycles. The van der Waals surface area contributed by atoms with Crippen molar-refractivity contribution in [2.24, 2.45) is 5.92 Å². The fourth-order valence-corrected chi connectivity index (χ4v) is 3.56. The number of nitrogens with one attached hydrogen (secondary N) is 3. The maximum atomic E-state index is 13.2. The minimum absolute atomic E-state index is 0.00919. The fourth-order valence-electron chi connectivity index (χ4n) is 3.56. The summed E-state index contributed by atoms with van der Waals surface area (Å²) in [5.74, 6) is -5.95. The van der Waals surface area contributed by atoms with Crippen molar-refractivity contribution in [2.75, 3.05) is 7.11 Å². The van der Waals surface area contributed by atoms with Crippen molar-refractivity contribution in [1.29, 1.82) is 0 Å². The van der Waals surface area contributed by atoms with Crippen molar-refractivity contribution in [1.82, 2.24) is 16.0 Å². The van der Waals surface area contributed by atoms with E-state index in [1.165, 1.54) is 0 Å². The van der Waals surface area contributed by atoms with Crippen LogP contribution in [0.2, 0.25) is 0 Å². The quantitative estimate of drug-likeness (QED) is 0.239. The van der Waals surface area contributed by atoms with Crippen molar-refractivity contribution in [3.05, 3.63) is 48.0 Å². The molecule has 0 bridgehead atoms. The first-order chi connectivity index (χ1) is 18.8. The van der Waals surface area contributed by atoms with Crippen molar-refractivity contribution >= 4 is 29.7 Å². The summed E-state index contributed by atoms with van der Waals surface area (Å²) < 4.78 is 49.1. The van der Waals surface area contributed by atoms with Gasteiger partial charge in [0.15, 0.2) is 0 Å². The number of halogens is 3. The number of benzene rings is 1. The van der Waals surface area contributed by atoms with Gasteiger partial charge in [-0.15, -0.1) is 0 Å². The van der Waals surface area contributed by atoms with Gasteiger partial charge in [0.2, 0.25) is 11.8 Å². The first-order valence-electron chi connectivity index (χ1n) is 12.8. The Morgan fingerprint density at radius 3 is 1.95 bits per heavy atom. The Morgan fingerprint density at radius 1 is 0.878 bits per heavy atom. The second-order valence-electron chi connectivity index (χ2n) is 10.8. The van der Waals surface area contributed by atoms with Gasteiger partial charge in [-0.2, -0.15) is 13.2 Å². The molecule has 1 rings (SSSR count). The number of esters is 2. The Balaban J connectivity index is 3.23. The van der Waals surface area contributed by atoms with Gasteiger partial charge in [0.1, 0.15) is 23.7 Å². The van der Waals surface area contributed by atoms with Gasteiger partial charge < -0.3 is 25.4 Å². The molecule has 0 spiro atoms. The lowest BCUT2D eigenvalue weighted by Crippen LogP contribution is -2.55. The second kappa shape index (κ2) is 15.2. The standard InChI is InChI=1S/C28H38F3N3O7/c1-16(2)13-20(24(37)40-7)32-22(35)17(3)14-21(25(38)41-27(4,5)6)33-23(36)19(34-26(39)28(29,30)31)15-18-11-9-8-10-12-18/h8-12,16,19-21H,3,13-15H2,1-2,4-7H3,(H,32,35)(H,33,36)(H,34,39)/t19-,20-,21+/m0/s1. The van der Waals surface area contributed by atoms with E-state index in [-0.39, 0.29) is 24.3 Å². The molecule has 1 aromatic rings. The molecule has 3 amide bonds. The lowest BCUT2D eigenvalue weighted by Gasteiger charge is -2.27. The molecule has 0 aliphatic carbocycles. The van der Waals surface area contributed by atoms with Crippen LogP contribution in [0.25, 0.3) is 0 Å². The van der Waals surface area contributed by atoms with Gasteiger partial charge in [-0.25, -0.2) is 9.59 Å². The van der Waals surface area contributed by atoms with Crippen LogP contribution in [-0.2, 0) is 39.9 Å². The molecule has 0 saturated carbocycles. The van der Waals surface area contributed by atoms with Crippen molar-refractivity contribution < 1.29 is 46.6 Å². The number of hydrogen-bond acceptors (Lipinski definition) is 7. The van der Waals surface area contributed by atoms with E-state index < -0.39 is 66.0 Å². The Labute approximate surface area is 237 Å². The van der Waals surface area contributed by atoms with Crippen LogP contribution in [0.1, 0.15) is 53.0 Å². The normalized spacial score (nSPS) is 13.8. The molecule has 0 unspecified atom stereocenters. The number of carbonyl (C=O) groups is 5. The van der Waals surface area contributed by atoms with Crippen molar-refractivity contribution in [3.63, 3.8) is 0 Å². The number of hydrogen-bond donors (Lipinski definition) is 3. The van der Waals surface area contributed by atoms with Crippen LogP contribution in [0.3, 0.4) is 0 Å². The van der Waals surface area contributed by atoms with Gasteiger partial charge in [0.25, 0.3) is 0 Å². The molecule has 13 heteroatoms. The number of amides is 3. The highest BCUT2D eigenvalue weighted by Crippen LogP contribution is 2.17. The zero-order valence-electron chi connectivity index (χ0n) is 24.0. The molecule has 0 saturated heterocycles. The summed E-state index contributed by atoms with van der Waals surface area (Å²) in [5.41, 5.74) is -0.810. The maximum Gasteiger partial charge on any atom is 0.471 e. The molecule has 10 nitrogen and oxygen atoms in total. The first-order valence-corrected chi connectivity index (χ1v) is 12.8. The summed E-state index contributed by atoms with van der Waals surface area (Å²) in [7, 11) is 1.16. The van der Waals surface area contributed by atoms with Crippen molar-refractivity contribution in [3.8, 4) is 0 Å². The van der Waals surface area contributed by atoms with Crippen LogP contribution in [0.5, 0.6) is 0 Å². The summed E-state index contributed by atoms with van der Waals surface area (Å²) in [4.78, 5) is 62.8. The summed E-state index contributed by atoms with van der Waals surface area (Å²) >= 11 is 0. The molecule has 0 aliphatic heterocycles. The SMILES string of the molecule is C=C(C[C@@H](NC(=O)[C@H](Cc1ccccc1)NC(=O)C(F)(F)F)C(=O)OC(C)(C)C)C(=O)N[C@@H](CC(C)C)C(=O)OC. The minimum Gasteiger partial charge on any atom is -0.467 e. The van der Waals surface area contributed by atoms with E-state index in [0.717, 1.165) is 7.11 Å². The van der Waals surface area contributed by atoms with E-state index in [1.54, 1.807) is 56.4 Å². The fraction of sp³-hybridized carbons (Fsp3) is 0.536. The highest BCUT2D eigenvalue weighted by molar-refractivity contribution is 5.97. The largest absolute Gasteiger partial charge is 0.471 e. The number of methoxy groups -OCH3 is 1. The Kier molecular flexibility index (Phi) is 13.0. The summed E-state index contributed by atoms with van der Waals surface area (Å²) in [5, 5.41) is 6.43. The van der Waals surface area contributed by atoms with Crippen LogP contribution in [0.15, 0.2) is 42.5 Å². The Bertz CT molecular complexity index is 1100. The van der Waals surface area contributed by atoms with E-state index in [9.17, 15) is 37.1 Å². The predicted octanol–water partition coefficient (Wildman–Crippen LogP) is 2.75. The zero-order valence-corrected chi connectivity index (χ0v) is 24.0. The summed E-state index contributed by atoms with van der Waals surface area (Å²) in [6, 6.07) is 3.65. The predicted molar refractivity (Wildman–Crippen MR) is 143 cm³/mol. The van der Waals surface area contributed by atoms with Gasteiger partial charge in [-0.1, -0.05) is 50.8 Å². The highest BCUT2D eigenvalue weighted by Gasteiger charge is 2.41. The molecule has 0 heterocycles. The molecule has 0 radical (unpaired) electrons. The molecule has 41 heavy (non-hydrogen) atoms. The third-order valence-electron chi connectivity index (χ3n) is 5.44. The monoisotopic (exact) mass is 585 g/mol. The van der Waals surface area contributed by atoms with Crippen LogP contribution in [0.4, 0.5) is 13.2 Å². The van der Waals surface area contributed by atoms with E-state index in [2.05, 4.69) is 17.2 Å². The van der Waals surface area contributed by atoms with Crippen LogP contribution in [0, 0.1) is 5.92 Å². The van der Waals surface area contributed by atoms with E-state index >= 15 is 0 Å². The summed E-state index contributed by atoms with van der Waals surface area (Å²) in [6.07, 6.45) is -5.85. The van der Waals surface area contributed by atoms with Crippen LogP contribution >= 0.6 is 0 Å². The van der Waals surface area contributed by atoms with Gasteiger partial charge in [-0.05, 0) is 38.7 Å². The number of carbonyl (C=O) groups excluding carboxylic acids is 5. The topological polar surface area (TPSA) is 140 Å². The van der Waals surface area contributed by atoms with Crippen LogP contribution < -0.4 is 16.0 Å². The first kappa shape index (κ1) is 35.1. The average molecular weight is 586 g/mol. The maximum absolute atomic E-state index is 13.2. The number of ether oxygens (including phenoxy) is 2. The molecule has 1 aromatic carbocycles. The van der Waals surface area contributed by atoms with E-state index in [1.807, 2.05) is 13.8 Å². The average Bonchev–Trinajstić information content (AvgIpc) is 2.85. The van der Waals surface area contributed by atoms with Gasteiger partial charge >= 0.3 is 24.0 Å². The zero-order chi connectivity index (χ0) is 31.5. The Hall–Kier alpha value is -3.90. The molecular weight excluding hydrogens is 547 g/mol. The number of alkyl halides is 3. The molecule has 3 N–H and O–H groups in total. The van der Waals surface area contributed by atoms with E-state index in [0.29, 0.717) is 5.56 Å². The van der Waals surface area contributed by atoms with Gasteiger partial charge in [-0.3, -0.25) is 14.4 Å². The van der Waals surface area contributed by atoms with Crippen molar-refractivity contribution in [2.45, 2.75) is 83.8 Å². The highest BCUT2D eigenvalue weighted by atomic mass is 19.4. The molecule has 0 aliphatic rings. The minimum atomic E-state index is -5.27. The molecule has 228 valence electrons. The number of rotatable bonds is 13. The molecular formula is C28H38F3N3O7. The third kappa shape index (κ3) is 12.9. The lowest BCUT2D eigenvalue weighted by molar-refractivity contribution is -0.174. The van der Waals surface area contributed by atoms with E-state index in [4.69, 9.17) is 9.47 Å². The molecule has 0 fully saturated rings. The second-order valence-corrected chi connectivity index (χ2v) is 10.8. The Morgan fingerprint density at radius 2 is 1.46 bits per heavy atom. The van der Waals surface area contributed by atoms with Gasteiger partial charge in [0.05, 0.1) is 7.11 Å². The van der Waals surface area contributed by atoms with Crippen LogP contribution in [-0.4, -0.2) is 66.7 Å². The third-order valence-corrected chi connectivity index (χ3v) is 5.44. The molecule has 3 atom stereocenters. The lowest BCUT2D eigenvalue weighted by atomic mass is 10.0.